The van der Waals surface area contributed by atoms with Crippen molar-refractivity contribution < 1.29 is 17.9 Å². The average Bonchev–Trinajstić information content (AvgIpc) is 3.00. The molecule has 0 amide bonds. The van der Waals surface area contributed by atoms with Gasteiger partial charge in [-0.2, -0.15) is 23.5 Å². The van der Waals surface area contributed by atoms with E-state index in [-0.39, 0.29) is 31.7 Å². The molecule has 30 heavy (non-hydrogen) atoms. The molecule has 0 radical (unpaired) electrons. The van der Waals surface area contributed by atoms with E-state index in [4.69, 9.17) is 27.9 Å². The van der Waals surface area contributed by atoms with Crippen molar-refractivity contribution in [1.82, 2.24) is 9.78 Å². The number of rotatable bonds is 4. The van der Waals surface area contributed by atoms with Crippen molar-refractivity contribution in [2.45, 2.75) is 6.18 Å². The Labute approximate surface area is 187 Å². The summed E-state index contributed by atoms with van der Waals surface area (Å²) in [6.45, 7) is 0. The minimum atomic E-state index is -4.62. The monoisotopic (exact) mass is 516 g/mol. The summed E-state index contributed by atoms with van der Waals surface area (Å²) in [5, 5.41) is 12.8. The number of hydrogen-bond acceptors (Lipinski definition) is 4. The SMILES string of the molecule is COc1ccc(/C=N/c2c(Br)c(C#N)nn2-c2c(Cl)cc(C(F)(F)F)cc2Cl)cc1. The molecular weight excluding hydrogens is 508 g/mol. The second-order valence-electron chi connectivity index (χ2n) is 5.83. The highest BCUT2D eigenvalue weighted by Gasteiger charge is 2.33. The van der Waals surface area contributed by atoms with Crippen LogP contribution in [0.15, 0.2) is 45.9 Å². The van der Waals surface area contributed by atoms with Gasteiger partial charge in [0.15, 0.2) is 11.5 Å². The largest absolute Gasteiger partial charge is 0.497 e. The van der Waals surface area contributed by atoms with E-state index in [1.165, 1.54) is 6.21 Å². The smallest absolute Gasteiger partial charge is 0.416 e. The van der Waals surface area contributed by atoms with Crippen LogP contribution in [0.25, 0.3) is 5.69 Å². The Bertz CT molecular complexity index is 1150. The number of alkyl halides is 3. The van der Waals surface area contributed by atoms with Crippen LogP contribution < -0.4 is 4.74 Å². The molecule has 3 rings (SSSR count). The van der Waals surface area contributed by atoms with Crippen molar-refractivity contribution >= 4 is 51.2 Å². The quantitative estimate of drug-likeness (QED) is 0.366. The molecule has 0 aliphatic heterocycles. The summed E-state index contributed by atoms with van der Waals surface area (Å²) in [6.07, 6.45) is -3.13. The molecule has 0 unspecified atom stereocenters. The van der Waals surface area contributed by atoms with Gasteiger partial charge in [0.2, 0.25) is 0 Å². The first-order valence-corrected chi connectivity index (χ1v) is 9.64. The molecule has 0 aliphatic rings. The topological polar surface area (TPSA) is 63.2 Å². The van der Waals surface area contributed by atoms with E-state index < -0.39 is 11.7 Å². The van der Waals surface area contributed by atoms with Crippen LogP contribution in [0.3, 0.4) is 0 Å². The summed E-state index contributed by atoms with van der Waals surface area (Å²) in [5.74, 6) is 0.791. The van der Waals surface area contributed by atoms with Gasteiger partial charge in [-0.1, -0.05) is 23.2 Å². The van der Waals surface area contributed by atoms with Gasteiger partial charge in [-0.3, -0.25) is 0 Å². The lowest BCUT2D eigenvalue weighted by Crippen LogP contribution is -2.07. The molecule has 154 valence electrons. The molecule has 5 nitrogen and oxygen atoms in total. The van der Waals surface area contributed by atoms with Crippen LogP contribution >= 0.6 is 39.1 Å². The molecule has 0 spiro atoms. The number of benzene rings is 2. The standard InChI is InChI=1S/C19H10BrCl2F3N4O/c1-30-12-4-2-10(3-5-12)9-27-18-16(20)15(8-26)28-29(18)17-13(21)6-11(7-14(17)22)19(23,24)25/h2-7,9H,1H3/b27-9+. The fourth-order valence-corrected chi connectivity index (χ4v) is 3.57. The number of nitrogens with zero attached hydrogens (tertiary/aromatic N) is 4. The van der Waals surface area contributed by atoms with Gasteiger partial charge in [-0.25, -0.2) is 9.67 Å². The van der Waals surface area contributed by atoms with E-state index in [9.17, 15) is 18.4 Å². The number of halogens is 6. The highest BCUT2D eigenvalue weighted by Crippen LogP contribution is 2.40. The number of nitriles is 1. The third-order valence-corrected chi connectivity index (χ3v) is 5.22. The Kier molecular flexibility index (Phi) is 6.41. The zero-order valence-corrected chi connectivity index (χ0v) is 18.1. The summed E-state index contributed by atoms with van der Waals surface area (Å²) >= 11 is 15.4. The van der Waals surface area contributed by atoms with E-state index in [1.54, 1.807) is 31.4 Å². The molecule has 0 saturated heterocycles. The van der Waals surface area contributed by atoms with Crippen LogP contribution in [0.5, 0.6) is 5.75 Å². The van der Waals surface area contributed by atoms with Crippen molar-refractivity contribution in [3.05, 3.63) is 67.7 Å². The third kappa shape index (κ3) is 4.46. The molecule has 2 aromatic carbocycles. The Balaban J connectivity index is 2.13. The fourth-order valence-electron chi connectivity index (χ4n) is 2.49. The number of ether oxygens (including phenoxy) is 1. The van der Waals surface area contributed by atoms with Crippen molar-refractivity contribution in [2.75, 3.05) is 7.11 Å². The molecule has 1 heterocycles. The lowest BCUT2D eigenvalue weighted by atomic mass is 10.2. The molecule has 0 atom stereocenters. The summed E-state index contributed by atoms with van der Waals surface area (Å²) in [7, 11) is 1.54. The normalized spacial score (nSPS) is 11.7. The van der Waals surface area contributed by atoms with Crippen molar-refractivity contribution in [1.29, 1.82) is 5.26 Å². The van der Waals surface area contributed by atoms with Gasteiger partial charge >= 0.3 is 6.18 Å². The number of aliphatic imine (C=N–C) groups is 1. The molecule has 11 heteroatoms. The van der Waals surface area contributed by atoms with Gasteiger partial charge in [-0.05, 0) is 57.9 Å². The average molecular weight is 518 g/mol. The predicted molar refractivity (Wildman–Crippen MR) is 111 cm³/mol. The Morgan fingerprint density at radius 2 is 1.80 bits per heavy atom. The minimum Gasteiger partial charge on any atom is -0.497 e. The van der Waals surface area contributed by atoms with Crippen LogP contribution in [0.2, 0.25) is 10.0 Å². The third-order valence-electron chi connectivity index (χ3n) is 3.92. The molecular formula is C19H10BrCl2F3N4O. The van der Waals surface area contributed by atoms with Gasteiger partial charge in [0.25, 0.3) is 0 Å². The summed E-state index contributed by atoms with van der Waals surface area (Å²) in [5.41, 5.74) is -0.367. The van der Waals surface area contributed by atoms with Gasteiger partial charge < -0.3 is 4.74 Å². The molecule has 0 fully saturated rings. The summed E-state index contributed by atoms with van der Waals surface area (Å²) in [4.78, 5) is 4.33. The van der Waals surface area contributed by atoms with E-state index >= 15 is 0 Å². The Morgan fingerprint density at radius 3 is 2.30 bits per heavy atom. The van der Waals surface area contributed by atoms with Crippen LogP contribution in [0, 0.1) is 11.3 Å². The maximum atomic E-state index is 13.0. The second-order valence-corrected chi connectivity index (χ2v) is 7.43. The van der Waals surface area contributed by atoms with Gasteiger partial charge in [0, 0.05) is 6.21 Å². The fraction of sp³-hybridized carbons (Fsp3) is 0.105. The molecule has 3 aromatic rings. The van der Waals surface area contributed by atoms with E-state index in [0.717, 1.165) is 16.8 Å². The first kappa shape index (κ1) is 22.2. The molecule has 0 bridgehead atoms. The van der Waals surface area contributed by atoms with Crippen molar-refractivity contribution in [3.8, 4) is 17.5 Å². The Hall–Kier alpha value is -2.54. The van der Waals surface area contributed by atoms with Crippen LogP contribution in [0.1, 0.15) is 16.8 Å². The van der Waals surface area contributed by atoms with Crippen molar-refractivity contribution in [2.24, 2.45) is 4.99 Å². The summed E-state index contributed by atoms with van der Waals surface area (Å²) < 4.78 is 45.5. The zero-order chi connectivity index (χ0) is 22.1. The second kappa shape index (κ2) is 8.68. The number of aromatic nitrogens is 2. The van der Waals surface area contributed by atoms with Gasteiger partial charge in [0.05, 0.1) is 22.7 Å². The number of hydrogen-bond donors (Lipinski definition) is 0. The maximum Gasteiger partial charge on any atom is 0.416 e. The number of methoxy groups -OCH3 is 1. The molecule has 0 saturated carbocycles. The Morgan fingerprint density at radius 1 is 1.20 bits per heavy atom. The van der Waals surface area contributed by atoms with Gasteiger partial charge in [0.1, 0.15) is 22.0 Å². The first-order valence-electron chi connectivity index (χ1n) is 8.09. The lowest BCUT2D eigenvalue weighted by Gasteiger charge is -2.13. The van der Waals surface area contributed by atoms with E-state index in [0.29, 0.717) is 11.3 Å². The molecule has 1 aromatic heterocycles. The van der Waals surface area contributed by atoms with Gasteiger partial charge in [-0.15, -0.1) is 0 Å². The highest BCUT2D eigenvalue weighted by molar-refractivity contribution is 9.10. The van der Waals surface area contributed by atoms with Crippen LogP contribution in [0.4, 0.5) is 19.0 Å². The van der Waals surface area contributed by atoms with Crippen molar-refractivity contribution in [3.63, 3.8) is 0 Å². The molecule has 0 N–H and O–H groups in total. The van der Waals surface area contributed by atoms with E-state index in [2.05, 4.69) is 26.0 Å². The zero-order valence-electron chi connectivity index (χ0n) is 15.0. The van der Waals surface area contributed by atoms with E-state index in [1.807, 2.05) is 6.07 Å². The molecule has 0 aliphatic carbocycles. The highest BCUT2D eigenvalue weighted by atomic mass is 79.9. The predicted octanol–water partition coefficient (Wildman–Crippen LogP) is 6.59. The summed E-state index contributed by atoms with van der Waals surface area (Å²) in [6, 6.07) is 10.3. The van der Waals surface area contributed by atoms with Crippen LogP contribution in [-0.2, 0) is 6.18 Å². The minimum absolute atomic E-state index is 0.0320. The lowest BCUT2D eigenvalue weighted by molar-refractivity contribution is -0.137. The van der Waals surface area contributed by atoms with Crippen LogP contribution in [-0.4, -0.2) is 23.1 Å². The maximum absolute atomic E-state index is 13.0. The first-order chi connectivity index (χ1) is 14.2.